The molecule has 1 aromatic carbocycles. The summed E-state index contributed by atoms with van der Waals surface area (Å²) in [4.78, 5) is 4.10. The van der Waals surface area contributed by atoms with E-state index in [1.165, 1.54) is 0 Å². The van der Waals surface area contributed by atoms with Gasteiger partial charge in [0, 0.05) is 6.20 Å². The van der Waals surface area contributed by atoms with Crippen LogP contribution in [0.25, 0.3) is 0 Å². The number of hydrogen-bond acceptors (Lipinski definition) is 4. The summed E-state index contributed by atoms with van der Waals surface area (Å²) in [6.07, 6.45) is 1.69. The van der Waals surface area contributed by atoms with E-state index in [1.54, 1.807) is 36.5 Å². The number of rotatable bonds is 2. The van der Waals surface area contributed by atoms with Crippen molar-refractivity contribution in [3.8, 4) is 17.7 Å². The number of nitrogen functional groups attached to an aromatic ring is 1. The van der Waals surface area contributed by atoms with Gasteiger partial charge in [-0.1, -0.05) is 0 Å². The van der Waals surface area contributed by atoms with Gasteiger partial charge in [-0.05, 0) is 42.8 Å². The van der Waals surface area contributed by atoms with Crippen molar-refractivity contribution in [2.45, 2.75) is 6.92 Å². The molecule has 2 N–H and O–H groups in total. The maximum atomic E-state index is 8.67. The zero-order chi connectivity index (χ0) is 12.3. The second-order valence-corrected chi connectivity index (χ2v) is 3.65. The van der Waals surface area contributed by atoms with Crippen LogP contribution in [0, 0.1) is 18.3 Å². The Morgan fingerprint density at radius 2 is 2.00 bits per heavy atom. The van der Waals surface area contributed by atoms with Gasteiger partial charge < -0.3 is 10.5 Å². The van der Waals surface area contributed by atoms with Crippen molar-refractivity contribution in [1.82, 2.24) is 4.98 Å². The maximum Gasteiger partial charge on any atom is 0.242 e. The summed E-state index contributed by atoms with van der Waals surface area (Å²) in [5.41, 5.74) is 7.85. The normalized spacial score (nSPS) is 9.65. The first-order chi connectivity index (χ1) is 8.19. The zero-order valence-corrected chi connectivity index (χ0v) is 9.34. The highest BCUT2D eigenvalue weighted by atomic mass is 16.5. The molecule has 4 nitrogen and oxygen atoms in total. The second kappa shape index (κ2) is 4.54. The summed E-state index contributed by atoms with van der Waals surface area (Å²) in [6.45, 7) is 1.91. The van der Waals surface area contributed by atoms with Gasteiger partial charge in [-0.25, -0.2) is 4.98 Å². The molecule has 0 unspecified atom stereocenters. The fourth-order valence-electron chi connectivity index (χ4n) is 1.37. The topological polar surface area (TPSA) is 71.9 Å². The molecule has 0 saturated heterocycles. The van der Waals surface area contributed by atoms with E-state index in [0.29, 0.717) is 22.9 Å². The van der Waals surface area contributed by atoms with Crippen LogP contribution >= 0.6 is 0 Å². The number of nitrogens with two attached hydrogens (primary N) is 1. The molecule has 0 atom stereocenters. The van der Waals surface area contributed by atoms with E-state index in [2.05, 4.69) is 4.98 Å². The smallest absolute Gasteiger partial charge is 0.242 e. The van der Waals surface area contributed by atoms with Gasteiger partial charge in [0.15, 0.2) is 0 Å². The molecule has 0 aliphatic heterocycles. The Morgan fingerprint density at radius 1 is 1.29 bits per heavy atom. The molecule has 0 saturated carbocycles. The largest absolute Gasteiger partial charge is 0.437 e. The number of anilines is 1. The molecular weight excluding hydrogens is 214 g/mol. The van der Waals surface area contributed by atoms with Crippen molar-refractivity contribution in [3.05, 3.63) is 47.7 Å². The molecule has 0 fully saturated rings. The first kappa shape index (κ1) is 11.0. The van der Waals surface area contributed by atoms with Gasteiger partial charge in [0.05, 0.1) is 17.3 Å². The van der Waals surface area contributed by atoms with Crippen molar-refractivity contribution in [2.75, 3.05) is 5.73 Å². The van der Waals surface area contributed by atoms with Crippen LogP contribution in [0.2, 0.25) is 0 Å². The quantitative estimate of drug-likeness (QED) is 0.852. The predicted molar refractivity (Wildman–Crippen MR) is 64.6 cm³/mol. The molecular formula is C13H11N3O. The third-order valence-electron chi connectivity index (χ3n) is 2.21. The van der Waals surface area contributed by atoms with Crippen molar-refractivity contribution in [1.29, 1.82) is 5.26 Å². The summed E-state index contributed by atoms with van der Waals surface area (Å²) >= 11 is 0. The Bertz CT molecular complexity index is 570. The first-order valence-electron chi connectivity index (χ1n) is 5.09. The summed E-state index contributed by atoms with van der Waals surface area (Å²) in [7, 11) is 0. The number of ether oxygens (including phenoxy) is 1. The molecule has 0 amide bonds. The molecule has 0 aliphatic carbocycles. The lowest BCUT2D eigenvalue weighted by Gasteiger charge is -2.07. The summed E-state index contributed by atoms with van der Waals surface area (Å²) in [5.74, 6) is 0.979. The van der Waals surface area contributed by atoms with E-state index >= 15 is 0 Å². The number of nitriles is 1. The minimum atomic E-state index is 0.375. The Balaban J connectivity index is 2.23. The highest BCUT2D eigenvalue weighted by Crippen LogP contribution is 2.25. The Morgan fingerprint density at radius 3 is 2.59 bits per heavy atom. The van der Waals surface area contributed by atoms with Crippen LogP contribution in [0.1, 0.15) is 11.1 Å². The fourth-order valence-corrected chi connectivity index (χ4v) is 1.37. The van der Waals surface area contributed by atoms with Crippen LogP contribution in [0.4, 0.5) is 5.69 Å². The molecule has 2 aromatic rings. The molecule has 1 heterocycles. The lowest BCUT2D eigenvalue weighted by atomic mass is 10.2. The number of aryl methyl sites for hydroxylation is 1. The van der Waals surface area contributed by atoms with Crippen LogP contribution in [-0.2, 0) is 0 Å². The van der Waals surface area contributed by atoms with Gasteiger partial charge in [0.25, 0.3) is 0 Å². The molecule has 0 aliphatic rings. The average Bonchev–Trinajstić information content (AvgIpc) is 2.34. The van der Waals surface area contributed by atoms with Crippen molar-refractivity contribution < 1.29 is 4.74 Å². The lowest BCUT2D eigenvalue weighted by Crippen LogP contribution is -1.95. The van der Waals surface area contributed by atoms with Crippen LogP contribution in [-0.4, -0.2) is 4.98 Å². The molecule has 2 rings (SSSR count). The van der Waals surface area contributed by atoms with Crippen molar-refractivity contribution in [3.63, 3.8) is 0 Å². The summed E-state index contributed by atoms with van der Waals surface area (Å²) in [6, 6.07) is 10.6. The standard InChI is InChI=1S/C13H11N3O/c1-9-6-12(15)13(16-8-9)17-11-4-2-10(7-14)3-5-11/h2-6,8H,15H2,1H3. The van der Waals surface area contributed by atoms with E-state index in [-0.39, 0.29) is 0 Å². The van der Waals surface area contributed by atoms with Crippen molar-refractivity contribution >= 4 is 5.69 Å². The van der Waals surface area contributed by atoms with Gasteiger partial charge in [0.2, 0.25) is 5.88 Å². The highest BCUT2D eigenvalue weighted by molar-refractivity contribution is 5.51. The number of pyridine rings is 1. The minimum Gasteiger partial charge on any atom is -0.437 e. The average molecular weight is 225 g/mol. The minimum absolute atomic E-state index is 0.375. The second-order valence-electron chi connectivity index (χ2n) is 3.65. The molecule has 0 radical (unpaired) electrons. The van der Waals surface area contributed by atoms with E-state index in [9.17, 15) is 0 Å². The Kier molecular flexibility index (Phi) is 2.93. The number of hydrogen-bond donors (Lipinski definition) is 1. The monoisotopic (exact) mass is 225 g/mol. The van der Waals surface area contributed by atoms with Gasteiger partial charge >= 0.3 is 0 Å². The maximum absolute atomic E-state index is 8.67. The number of nitrogens with zero attached hydrogens (tertiary/aromatic N) is 2. The molecule has 17 heavy (non-hydrogen) atoms. The van der Waals surface area contributed by atoms with E-state index in [0.717, 1.165) is 5.56 Å². The third-order valence-corrected chi connectivity index (χ3v) is 2.21. The lowest BCUT2D eigenvalue weighted by molar-refractivity contribution is 0.465. The van der Waals surface area contributed by atoms with Gasteiger partial charge in [-0.15, -0.1) is 0 Å². The first-order valence-corrected chi connectivity index (χ1v) is 5.09. The molecule has 0 bridgehead atoms. The van der Waals surface area contributed by atoms with Crippen LogP contribution in [0.15, 0.2) is 36.5 Å². The van der Waals surface area contributed by atoms with Gasteiger partial charge in [-0.2, -0.15) is 5.26 Å². The van der Waals surface area contributed by atoms with Gasteiger partial charge in [-0.3, -0.25) is 0 Å². The van der Waals surface area contributed by atoms with Crippen LogP contribution < -0.4 is 10.5 Å². The highest BCUT2D eigenvalue weighted by Gasteiger charge is 2.03. The summed E-state index contributed by atoms with van der Waals surface area (Å²) in [5, 5.41) is 8.67. The Labute approximate surface area is 99.3 Å². The van der Waals surface area contributed by atoms with Crippen LogP contribution in [0.3, 0.4) is 0 Å². The predicted octanol–water partition coefficient (Wildman–Crippen LogP) is 2.64. The van der Waals surface area contributed by atoms with Crippen molar-refractivity contribution in [2.24, 2.45) is 0 Å². The SMILES string of the molecule is Cc1cnc(Oc2ccc(C#N)cc2)c(N)c1. The Hall–Kier alpha value is -2.54. The van der Waals surface area contributed by atoms with Gasteiger partial charge in [0.1, 0.15) is 5.75 Å². The summed E-state index contributed by atoms with van der Waals surface area (Å²) < 4.78 is 5.52. The van der Waals surface area contributed by atoms with Crippen LogP contribution in [0.5, 0.6) is 11.6 Å². The fraction of sp³-hybridized carbons (Fsp3) is 0.0769. The zero-order valence-electron chi connectivity index (χ0n) is 9.34. The molecule has 4 heteroatoms. The number of aromatic nitrogens is 1. The van der Waals surface area contributed by atoms with E-state index < -0.39 is 0 Å². The third kappa shape index (κ3) is 2.52. The van der Waals surface area contributed by atoms with E-state index in [1.807, 2.05) is 13.0 Å². The number of benzene rings is 1. The molecule has 1 aromatic heterocycles. The molecule has 0 spiro atoms. The van der Waals surface area contributed by atoms with E-state index in [4.69, 9.17) is 15.7 Å². The molecule has 84 valence electrons.